The van der Waals surface area contributed by atoms with Gasteiger partial charge in [-0.2, -0.15) is 0 Å². The molecule has 3 aromatic rings. The van der Waals surface area contributed by atoms with E-state index in [1.165, 1.54) is 6.26 Å². The molecule has 2 aromatic heterocycles. The molecule has 1 aliphatic rings. The lowest BCUT2D eigenvalue weighted by Crippen LogP contribution is -2.34. The molecule has 0 spiro atoms. The highest BCUT2D eigenvalue weighted by Crippen LogP contribution is 2.31. The van der Waals surface area contributed by atoms with Crippen LogP contribution in [0.25, 0.3) is 0 Å². The third-order valence-corrected chi connectivity index (χ3v) is 8.04. The van der Waals surface area contributed by atoms with Crippen molar-refractivity contribution in [1.82, 2.24) is 15.0 Å². The summed E-state index contributed by atoms with van der Waals surface area (Å²) >= 11 is 1.68. The second-order valence-corrected chi connectivity index (χ2v) is 11.0. The fourth-order valence-corrected chi connectivity index (χ4v) is 5.82. The van der Waals surface area contributed by atoms with Gasteiger partial charge in [-0.05, 0) is 55.5 Å². The lowest BCUT2D eigenvalue weighted by Gasteiger charge is -2.31. The van der Waals surface area contributed by atoms with Crippen molar-refractivity contribution < 1.29 is 13.2 Å². The Hall–Kier alpha value is -2.52. The Bertz CT molecular complexity index is 1170. The van der Waals surface area contributed by atoms with Crippen molar-refractivity contribution in [3.05, 3.63) is 57.8 Å². The zero-order chi connectivity index (χ0) is 22.7. The van der Waals surface area contributed by atoms with Crippen LogP contribution in [0.3, 0.4) is 0 Å². The third-order valence-electron chi connectivity index (χ3n) is 5.73. The molecule has 0 unspecified atom stereocenters. The van der Waals surface area contributed by atoms with Crippen molar-refractivity contribution in [3.63, 3.8) is 0 Å². The van der Waals surface area contributed by atoms with Crippen LogP contribution in [0.1, 0.15) is 47.5 Å². The number of hydrogen-bond donors (Lipinski definition) is 0. The average Bonchev–Trinajstić information content (AvgIpc) is 3.26. The molecule has 0 N–H and O–H groups in total. The molecule has 9 heteroatoms. The van der Waals surface area contributed by atoms with Gasteiger partial charge in [0.15, 0.2) is 9.84 Å². The molecule has 1 aliphatic heterocycles. The standard InChI is InChI=1S/C23H28N4O3S2/c1-4-17-12-24-23(25-13-17)27-9-7-18(8-10-27)22-26-19(15-31-22)14-30-20-5-6-21(16(2)11-20)32(3,28)29/h5-6,11-13,15,18H,4,7-10,14H2,1-3H3. The zero-order valence-electron chi connectivity index (χ0n) is 18.6. The van der Waals surface area contributed by atoms with E-state index in [0.29, 0.717) is 28.7 Å². The largest absolute Gasteiger partial charge is 0.487 e. The highest BCUT2D eigenvalue weighted by atomic mass is 32.2. The summed E-state index contributed by atoms with van der Waals surface area (Å²) in [7, 11) is -3.23. The number of piperidine rings is 1. The first-order chi connectivity index (χ1) is 15.3. The summed E-state index contributed by atoms with van der Waals surface area (Å²) in [6.07, 6.45) is 8.05. The number of aromatic nitrogens is 3. The minimum atomic E-state index is -3.23. The summed E-state index contributed by atoms with van der Waals surface area (Å²) in [4.78, 5) is 16.4. The van der Waals surface area contributed by atoms with Gasteiger partial charge in [0.2, 0.25) is 5.95 Å². The maximum Gasteiger partial charge on any atom is 0.225 e. The number of hydrogen-bond acceptors (Lipinski definition) is 8. The minimum absolute atomic E-state index is 0.332. The zero-order valence-corrected chi connectivity index (χ0v) is 20.2. The van der Waals surface area contributed by atoms with Crippen LogP contribution >= 0.6 is 11.3 Å². The predicted molar refractivity (Wildman–Crippen MR) is 126 cm³/mol. The molecule has 0 aliphatic carbocycles. The molecule has 0 amide bonds. The Kier molecular flexibility index (Phi) is 6.76. The average molecular weight is 473 g/mol. The molecule has 3 heterocycles. The molecule has 0 atom stereocenters. The van der Waals surface area contributed by atoms with Gasteiger partial charge in [-0.25, -0.2) is 23.4 Å². The summed E-state index contributed by atoms with van der Waals surface area (Å²) < 4.78 is 29.4. The number of ether oxygens (including phenoxy) is 1. The van der Waals surface area contributed by atoms with Gasteiger partial charge in [-0.3, -0.25) is 0 Å². The van der Waals surface area contributed by atoms with Crippen LogP contribution in [0.2, 0.25) is 0 Å². The van der Waals surface area contributed by atoms with Crippen LogP contribution in [0, 0.1) is 6.92 Å². The SMILES string of the molecule is CCc1cnc(N2CCC(c3nc(COc4ccc(S(C)(=O)=O)c(C)c4)cs3)CC2)nc1. The van der Waals surface area contributed by atoms with E-state index >= 15 is 0 Å². The number of sulfone groups is 1. The van der Waals surface area contributed by atoms with Crippen molar-refractivity contribution in [3.8, 4) is 5.75 Å². The second-order valence-electron chi connectivity index (χ2n) is 8.17. The molecule has 170 valence electrons. The molecule has 4 rings (SSSR count). The molecule has 1 saturated heterocycles. The minimum Gasteiger partial charge on any atom is -0.487 e. The number of rotatable bonds is 7. The first-order valence-corrected chi connectivity index (χ1v) is 13.5. The van der Waals surface area contributed by atoms with Gasteiger partial charge >= 0.3 is 0 Å². The molecule has 1 aromatic carbocycles. The maximum atomic E-state index is 11.8. The lowest BCUT2D eigenvalue weighted by molar-refractivity contribution is 0.301. The maximum absolute atomic E-state index is 11.8. The summed E-state index contributed by atoms with van der Waals surface area (Å²) in [6, 6.07) is 5.05. The van der Waals surface area contributed by atoms with E-state index in [-0.39, 0.29) is 0 Å². The van der Waals surface area contributed by atoms with Crippen LogP contribution in [0.4, 0.5) is 5.95 Å². The smallest absolute Gasteiger partial charge is 0.225 e. The first kappa shape index (κ1) is 22.7. The van der Waals surface area contributed by atoms with Crippen LogP contribution in [-0.2, 0) is 22.9 Å². The topological polar surface area (TPSA) is 85.3 Å². The Morgan fingerprint density at radius 3 is 2.53 bits per heavy atom. The summed E-state index contributed by atoms with van der Waals surface area (Å²) in [5, 5.41) is 3.19. The van der Waals surface area contributed by atoms with Crippen LogP contribution in [0.15, 0.2) is 40.9 Å². The van der Waals surface area contributed by atoms with E-state index < -0.39 is 9.84 Å². The Labute approximate surface area is 193 Å². The van der Waals surface area contributed by atoms with Crippen LogP contribution < -0.4 is 9.64 Å². The fourth-order valence-electron chi connectivity index (χ4n) is 3.88. The predicted octanol–water partition coefficient (Wildman–Crippen LogP) is 4.17. The van der Waals surface area contributed by atoms with E-state index in [0.717, 1.165) is 54.6 Å². The highest BCUT2D eigenvalue weighted by molar-refractivity contribution is 7.90. The molecule has 32 heavy (non-hydrogen) atoms. The van der Waals surface area contributed by atoms with E-state index in [9.17, 15) is 8.42 Å². The monoisotopic (exact) mass is 472 g/mol. The number of aryl methyl sites for hydroxylation is 2. The van der Waals surface area contributed by atoms with Gasteiger partial charge in [0.05, 0.1) is 15.6 Å². The van der Waals surface area contributed by atoms with Crippen molar-refractivity contribution >= 4 is 27.1 Å². The Morgan fingerprint density at radius 1 is 1.19 bits per heavy atom. The third kappa shape index (κ3) is 5.27. The van der Waals surface area contributed by atoms with E-state index in [2.05, 4.69) is 21.8 Å². The summed E-state index contributed by atoms with van der Waals surface area (Å²) in [6.45, 7) is 6.10. The van der Waals surface area contributed by atoms with Crippen molar-refractivity contribution in [1.29, 1.82) is 0 Å². The van der Waals surface area contributed by atoms with Crippen molar-refractivity contribution in [2.45, 2.75) is 50.5 Å². The Balaban J connectivity index is 1.32. The normalized spacial score (nSPS) is 15.2. The van der Waals surface area contributed by atoms with Crippen molar-refractivity contribution in [2.75, 3.05) is 24.2 Å². The van der Waals surface area contributed by atoms with E-state index in [1.807, 2.05) is 17.8 Å². The molecular weight excluding hydrogens is 444 g/mol. The summed E-state index contributed by atoms with van der Waals surface area (Å²) in [5.74, 6) is 1.90. The molecule has 0 saturated carbocycles. The van der Waals surface area contributed by atoms with Gasteiger partial charge < -0.3 is 9.64 Å². The highest BCUT2D eigenvalue weighted by Gasteiger charge is 2.24. The van der Waals surface area contributed by atoms with Crippen LogP contribution in [-0.4, -0.2) is 42.7 Å². The number of nitrogens with zero attached hydrogens (tertiary/aromatic N) is 4. The van der Waals surface area contributed by atoms with Gasteiger partial charge in [0, 0.05) is 43.0 Å². The molecule has 0 bridgehead atoms. The number of benzene rings is 1. The van der Waals surface area contributed by atoms with Gasteiger partial charge in [-0.15, -0.1) is 11.3 Å². The molecular formula is C23H28N4O3S2. The van der Waals surface area contributed by atoms with E-state index in [1.54, 1.807) is 36.5 Å². The first-order valence-electron chi connectivity index (χ1n) is 10.8. The van der Waals surface area contributed by atoms with Crippen molar-refractivity contribution in [2.24, 2.45) is 0 Å². The van der Waals surface area contributed by atoms with Crippen LogP contribution in [0.5, 0.6) is 5.75 Å². The number of thiazole rings is 1. The fraction of sp³-hybridized carbons (Fsp3) is 0.435. The second kappa shape index (κ2) is 9.54. The quantitative estimate of drug-likeness (QED) is 0.510. The van der Waals surface area contributed by atoms with Gasteiger partial charge in [0.1, 0.15) is 12.4 Å². The lowest BCUT2D eigenvalue weighted by atomic mass is 9.98. The summed E-state index contributed by atoms with van der Waals surface area (Å²) in [5.41, 5.74) is 2.74. The molecule has 1 fully saturated rings. The van der Waals surface area contributed by atoms with Gasteiger partial charge in [0.25, 0.3) is 0 Å². The van der Waals surface area contributed by atoms with E-state index in [4.69, 9.17) is 9.72 Å². The molecule has 7 nitrogen and oxygen atoms in total. The Morgan fingerprint density at radius 2 is 1.91 bits per heavy atom. The van der Waals surface area contributed by atoms with Gasteiger partial charge in [-0.1, -0.05) is 6.92 Å². The number of anilines is 1. The molecule has 0 radical (unpaired) electrons.